The summed E-state index contributed by atoms with van der Waals surface area (Å²) in [6.45, 7) is 16.1. The molecular weight excluding hydrogens is 680 g/mol. The van der Waals surface area contributed by atoms with Gasteiger partial charge in [-0.2, -0.15) is 0 Å². The minimum Gasteiger partial charge on any atom is -0.480 e. The van der Waals surface area contributed by atoms with E-state index >= 15 is 0 Å². The molecule has 0 heterocycles. The number of carboxylic acids is 1. The van der Waals surface area contributed by atoms with Crippen LogP contribution in [0.5, 0.6) is 0 Å². The normalized spacial score (nSPS) is 16.6. The Balaban J connectivity index is 6.08. The van der Waals surface area contributed by atoms with E-state index in [2.05, 4.69) is 31.9 Å². The molecule has 0 saturated heterocycles. The highest BCUT2D eigenvalue weighted by atomic mass is 16.4. The number of carbonyl (C=O) groups excluding carboxylic acids is 7. The van der Waals surface area contributed by atoms with Crippen molar-refractivity contribution in [2.24, 2.45) is 41.1 Å². The summed E-state index contributed by atoms with van der Waals surface area (Å²) in [5, 5.41) is 34.4. The van der Waals surface area contributed by atoms with Gasteiger partial charge in [-0.15, -0.1) is 0 Å². The zero-order valence-corrected chi connectivity index (χ0v) is 32.1. The van der Waals surface area contributed by atoms with Crippen molar-refractivity contribution in [2.45, 2.75) is 131 Å². The van der Waals surface area contributed by atoms with Gasteiger partial charge >= 0.3 is 5.97 Å². The van der Waals surface area contributed by atoms with Crippen LogP contribution in [0.25, 0.3) is 0 Å². The molecule has 298 valence electrons. The van der Waals surface area contributed by atoms with Crippen molar-refractivity contribution in [1.82, 2.24) is 31.9 Å². The smallest absolute Gasteiger partial charge is 0.326 e. The van der Waals surface area contributed by atoms with Crippen molar-refractivity contribution in [3.8, 4) is 0 Å². The molecule has 18 heteroatoms. The van der Waals surface area contributed by atoms with E-state index in [1.165, 1.54) is 0 Å². The number of rotatable bonds is 23. The van der Waals surface area contributed by atoms with E-state index in [4.69, 9.17) is 11.5 Å². The second kappa shape index (κ2) is 22.6. The molecule has 0 radical (unpaired) electrons. The monoisotopic (exact) mass is 742 g/mol. The molecular formula is C34H62N8O10. The third kappa shape index (κ3) is 15.1. The largest absolute Gasteiger partial charge is 0.480 e. The van der Waals surface area contributed by atoms with Crippen molar-refractivity contribution < 1.29 is 48.6 Å². The van der Waals surface area contributed by atoms with Crippen LogP contribution in [0.4, 0.5) is 0 Å². The molecule has 0 aliphatic heterocycles. The van der Waals surface area contributed by atoms with Crippen molar-refractivity contribution in [1.29, 1.82) is 0 Å². The Bertz CT molecular complexity index is 1260. The Morgan fingerprint density at radius 2 is 0.885 bits per heavy atom. The molecule has 0 bridgehead atoms. The van der Waals surface area contributed by atoms with Gasteiger partial charge in [0.05, 0.1) is 19.1 Å². The average Bonchev–Trinajstić information content (AvgIpc) is 3.06. The highest BCUT2D eigenvalue weighted by Gasteiger charge is 2.37. The number of nitrogens with one attached hydrogen (secondary N) is 6. The molecule has 9 atom stereocenters. The first kappa shape index (κ1) is 47.7. The number of nitrogens with two attached hydrogens (primary N) is 2. The number of amides is 7. The molecule has 12 N–H and O–H groups in total. The highest BCUT2D eigenvalue weighted by Crippen LogP contribution is 2.13. The van der Waals surface area contributed by atoms with Crippen LogP contribution in [0.3, 0.4) is 0 Å². The minimum absolute atomic E-state index is 0.188. The molecule has 52 heavy (non-hydrogen) atoms. The molecule has 0 aromatic heterocycles. The fraction of sp³-hybridized carbons (Fsp3) is 0.765. The average molecular weight is 743 g/mol. The van der Waals surface area contributed by atoms with Gasteiger partial charge in [0.25, 0.3) is 0 Å². The van der Waals surface area contributed by atoms with E-state index < -0.39 is 120 Å². The summed E-state index contributed by atoms with van der Waals surface area (Å²) in [5.74, 6) is -9.25. The van der Waals surface area contributed by atoms with E-state index in [0.29, 0.717) is 12.8 Å². The summed E-state index contributed by atoms with van der Waals surface area (Å²) < 4.78 is 0. The van der Waals surface area contributed by atoms with Crippen LogP contribution in [0.1, 0.15) is 88.5 Å². The number of hydrogen-bond donors (Lipinski definition) is 10. The molecule has 0 fully saturated rings. The van der Waals surface area contributed by atoms with Crippen molar-refractivity contribution in [2.75, 3.05) is 6.61 Å². The fourth-order valence-corrected chi connectivity index (χ4v) is 4.89. The Morgan fingerprint density at radius 3 is 1.27 bits per heavy atom. The zero-order valence-electron chi connectivity index (χ0n) is 32.1. The summed E-state index contributed by atoms with van der Waals surface area (Å²) in [4.78, 5) is 103. The second-order valence-electron chi connectivity index (χ2n) is 14.3. The number of aliphatic carboxylic acids is 1. The maximum absolute atomic E-state index is 13.6. The first-order chi connectivity index (χ1) is 24.0. The number of primary amides is 1. The Morgan fingerprint density at radius 1 is 0.519 bits per heavy atom. The summed E-state index contributed by atoms with van der Waals surface area (Å²) in [5.41, 5.74) is 11.2. The quantitative estimate of drug-likeness (QED) is 0.0559. The van der Waals surface area contributed by atoms with Crippen molar-refractivity contribution in [3.05, 3.63) is 0 Å². The SMILES string of the molecule is CC[C@H](C)[C@H](NC(=O)[C@H](CC(N)=O)NC(=O)[C@H](CO)NC(=O)[C@@H](NC(=O)[C@@H](NC(=O)[C@@H](NC(=O)[C@@H](N)C(C)C)C(C)C)C(C)C)[C@@H](C)CC)C(=O)O. The van der Waals surface area contributed by atoms with Gasteiger partial charge < -0.3 is 53.6 Å². The van der Waals surface area contributed by atoms with Crippen LogP contribution in [0.15, 0.2) is 0 Å². The summed E-state index contributed by atoms with van der Waals surface area (Å²) in [7, 11) is 0. The summed E-state index contributed by atoms with van der Waals surface area (Å²) >= 11 is 0. The second-order valence-corrected chi connectivity index (χ2v) is 14.3. The van der Waals surface area contributed by atoms with Crippen LogP contribution in [0.2, 0.25) is 0 Å². The predicted octanol–water partition coefficient (Wildman–Crippen LogP) is -1.76. The van der Waals surface area contributed by atoms with Gasteiger partial charge in [-0.3, -0.25) is 33.6 Å². The Labute approximate surface area is 306 Å². The van der Waals surface area contributed by atoms with Crippen LogP contribution in [0, 0.1) is 29.6 Å². The molecule has 0 spiro atoms. The molecule has 0 aliphatic rings. The minimum atomic E-state index is -1.67. The number of aliphatic hydroxyl groups is 1. The zero-order chi connectivity index (χ0) is 40.6. The third-order valence-electron chi connectivity index (χ3n) is 8.94. The van der Waals surface area contributed by atoms with E-state index in [1.807, 2.05) is 0 Å². The van der Waals surface area contributed by atoms with Crippen LogP contribution in [-0.4, -0.2) is 106 Å². The fourth-order valence-electron chi connectivity index (χ4n) is 4.89. The van der Waals surface area contributed by atoms with Gasteiger partial charge in [0, 0.05) is 0 Å². The third-order valence-corrected chi connectivity index (χ3v) is 8.94. The van der Waals surface area contributed by atoms with E-state index in [1.54, 1.807) is 69.2 Å². The lowest BCUT2D eigenvalue weighted by molar-refractivity contribution is -0.144. The topological polar surface area (TPSA) is 301 Å². The molecule has 0 unspecified atom stereocenters. The molecule has 0 aromatic carbocycles. The molecule has 7 amide bonds. The number of aliphatic hydroxyl groups excluding tert-OH is 1. The summed E-state index contributed by atoms with van der Waals surface area (Å²) in [6.07, 6.45) is 0.0633. The van der Waals surface area contributed by atoms with E-state index in [0.717, 1.165) is 0 Å². The lowest BCUT2D eigenvalue weighted by atomic mass is 9.95. The lowest BCUT2D eigenvalue weighted by Gasteiger charge is -2.31. The number of carbonyl (C=O) groups is 8. The molecule has 0 aromatic rings. The van der Waals surface area contributed by atoms with Crippen molar-refractivity contribution in [3.63, 3.8) is 0 Å². The number of carboxylic acid groups (broad SMARTS) is 1. The van der Waals surface area contributed by atoms with Gasteiger partial charge in [0.2, 0.25) is 41.4 Å². The standard InChI is InChI=1S/C34H62N8O10/c1-11-18(9)26(41-32(49)25(17(7)8)40-31(48)24(16(5)6)39-30(47)23(36)15(3)4)33(50)38-21(14-43)29(46)37-20(13-22(35)44)28(45)42-27(34(51)52)19(10)12-2/h15-21,23-27,43H,11-14,36H2,1-10H3,(H2,35,44)(H,37,46)(H,38,50)(H,39,47)(H,40,48)(H,41,49)(H,42,45)(H,51,52)/t18-,19-,20-,21-,23-,24-,25-,26-,27-/m0/s1. The van der Waals surface area contributed by atoms with E-state index in [-0.39, 0.29) is 11.8 Å². The van der Waals surface area contributed by atoms with Crippen LogP contribution in [-0.2, 0) is 38.4 Å². The molecule has 0 saturated carbocycles. The van der Waals surface area contributed by atoms with Gasteiger partial charge in [-0.1, -0.05) is 82.1 Å². The predicted molar refractivity (Wildman–Crippen MR) is 192 cm³/mol. The van der Waals surface area contributed by atoms with Gasteiger partial charge in [0.1, 0.15) is 36.3 Å². The lowest BCUT2D eigenvalue weighted by Crippen LogP contribution is -2.62. The Kier molecular flexibility index (Phi) is 20.7. The number of hydrogen-bond acceptors (Lipinski definition) is 10. The molecule has 18 nitrogen and oxygen atoms in total. The van der Waals surface area contributed by atoms with Gasteiger partial charge in [-0.25, -0.2) is 4.79 Å². The molecule has 0 aliphatic carbocycles. The first-order valence-corrected chi connectivity index (χ1v) is 17.7. The maximum Gasteiger partial charge on any atom is 0.326 e. The van der Waals surface area contributed by atoms with Crippen LogP contribution >= 0.6 is 0 Å². The van der Waals surface area contributed by atoms with Gasteiger partial charge in [0.15, 0.2) is 0 Å². The van der Waals surface area contributed by atoms with Crippen LogP contribution < -0.4 is 43.4 Å². The summed E-state index contributed by atoms with van der Waals surface area (Å²) in [6, 6.07) is -8.94. The van der Waals surface area contributed by atoms with E-state index in [9.17, 15) is 48.6 Å². The first-order valence-electron chi connectivity index (χ1n) is 17.7. The van der Waals surface area contributed by atoms with Crippen molar-refractivity contribution >= 4 is 47.3 Å². The van der Waals surface area contributed by atoms with Gasteiger partial charge in [-0.05, 0) is 29.6 Å². The highest BCUT2D eigenvalue weighted by molar-refractivity contribution is 5.98. The molecule has 0 rings (SSSR count). The maximum atomic E-state index is 13.6. The Hall–Kier alpha value is -4.32.